The number of carbonyl (C=O) groups excluding carboxylic acids is 1. The lowest BCUT2D eigenvalue weighted by Crippen LogP contribution is -2.51. The molecule has 0 spiro atoms. The first-order valence-electron chi connectivity index (χ1n) is 6.82. The average Bonchev–Trinajstić information content (AvgIpc) is 2.44. The van der Waals surface area contributed by atoms with Gasteiger partial charge in [-0.25, -0.2) is 0 Å². The van der Waals surface area contributed by atoms with E-state index in [-0.39, 0.29) is 31.3 Å². The van der Waals surface area contributed by atoms with Crippen LogP contribution in [0.2, 0.25) is 0 Å². The molecule has 1 aromatic carbocycles. The summed E-state index contributed by atoms with van der Waals surface area (Å²) in [7, 11) is 0. The molecule has 1 heterocycles. The van der Waals surface area contributed by atoms with E-state index < -0.39 is 0 Å². The number of aryl methyl sites for hydroxylation is 1. The summed E-state index contributed by atoms with van der Waals surface area (Å²) in [5.74, 6) is 0.610. The summed E-state index contributed by atoms with van der Waals surface area (Å²) in [6.07, 6.45) is -0.370. The Bertz CT molecular complexity index is 463. The maximum absolute atomic E-state index is 12.1. The first kappa shape index (κ1) is 14.8. The Labute approximate surface area is 119 Å². The predicted octanol–water partition coefficient (Wildman–Crippen LogP) is 0.982. The molecule has 0 bridgehead atoms. The Balaban J connectivity index is 1.88. The molecule has 2 unspecified atom stereocenters. The fraction of sp³-hybridized carbons (Fsp3) is 0.533. The highest BCUT2D eigenvalue weighted by atomic mass is 16.5. The van der Waals surface area contributed by atoms with Gasteiger partial charge in [-0.1, -0.05) is 12.1 Å². The number of morpholine rings is 1. The summed E-state index contributed by atoms with van der Waals surface area (Å²) in [6.45, 7) is 4.75. The Hall–Kier alpha value is -1.59. The van der Waals surface area contributed by atoms with Crippen molar-refractivity contribution in [3.05, 3.63) is 29.8 Å². The third-order valence-electron chi connectivity index (χ3n) is 3.23. The number of hydrogen-bond donors (Lipinski definition) is 1. The monoisotopic (exact) mass is 279 g/mol. The predicted molar refractivity (Wildman–Crippen MR) is 74.7 cm³/mol. The smallest absolute Gasteiger partial charge is 0.260 e. The van der Waals surface area contributed by atoms with Crippen molar-refractivity contribution in [3.63, 3.8) is 0 Å². The minimum Gasteiger partial charge on any atom is -0.484 e. The Morgan fingerprint density at radius 3 is 3.00 bits per heavy atom. The minimum absolute atomic E-state index is 0.00826. The van der Waals surface area contributed by atoms with E-state index in [0.29, 0.717) is 18.8 Å². The van der Waals surface area contributed by atoms with Gasteiger partial charge >= 0.3 is 0 Å². The highest BCUT2D eigenvalue weighted by molar-refractivity contribution is 5.78. The van der Waals surface area contributed by atoms with Gasteiger partial charge in [0, 0.05) is 13.1 Å². The van der Waals surface area contributed by atoms with Crippen LogP contribution in [0.25, 0.3) is 0 Å². The van der Waals surface area contributed by atoms with Crippen molar-refractivity contribution in [2.45, 2.75) is 26.1 Å². The van der Waals surface area contributed by atoms with E-state index in [4.69, 9.17) is 14.6 Å². The SMILES string of the molecule is Cc1cccc(OCC(=O)N2CC(C)OC(CO)C2)c1. The third kappa shape index (κ3) is 3.95. The molecule has 1 amide bonds. The molecular formula is C15H21NO4. The minimum atomic E-state index is -0.304. The van der Waals surface area contributed by atoms with Gasteiger partial charge in [-0.05, 0) is 31.5 Å². The Kier molecular flexibility index (Phi) is 4.98. The highest BCUT2D eigenvalue weighted by Gasteiger charge is 2.27. The second kappa shape index (κ2) is 6.72. The molecule has 2 atom stereocenters. The van der Waals surface area contributed by atoms with E-state index in [0.717, 1.165) is 5.56 Å². The number of rotatable bonds is 4. The van der Waals surface area contributed by atoms with Crippen molar-refractivity contribution in [1.29, 1.82) is 0 Å². The van der Waals surface area contributed by atoms with Crippen LogP contribution in [0, 0.1) is 6.92 Å². The standard InChI is InChI=1S/C15H21NO4/c1-11-4-3-5-13(6-11)19-10-15(18)16-7-12(2)20-14(8-16)9-17/h3-6,12,14,17H,7-10H2,1-2H3. The van der Waals surface area contributed by atoms with Gasteiger partial charge in [-0.3, -0.25) is 4.79 Å². The van der Waals surface area contributed by atoms with Crippen LogP contribution in [0.1, 0.15) is 12.5 Å². The number of benzene rings is 1. The van der Waals surface area contributed by atoms with E-state index in [9.17, 15) is 4.79 Å². The molecule has 0 aromatic heterocycles. The maximum Gasteiger partial charge on any atom is 0.260 e. The second-order valence-electron chi connectivity index (χ2n) is 5.16. The zero-order valence-electron chi connectivity index (χ0n) is 11.9. The van der Waals surface area contributed by atoms with Crippen molar-refractivity contribution in [3.8, 4) is 5.75 Å². The van der Waals surface area contributed by atoms with Crippen molar-refractivity contribution in [1.82, 2.24) is 4.90 Å². The summed E-state index contributed by atoms with van der Waals surface area (Å²) in [5, 5.41) is 9.15. The van der Waals surface area contributed by atoms with Gasteiger partial charge in [0.25, 0.3) is 5.91 Å². The van der Waals surface area contributed by atoms with Crippen LogP contribution in [0.3, 0.4) is 0 Å². The number of carbonyl (C=O) groups is 1. The van der Waals surface area contributed by atoms with Gasteiger partial charge in [-0.2, -0.15) is 0 Å². The number of amides is 1. The zero-order valence-corrected chi connectivity index (χ0v) is 11.9. The van der Waals surface area contributed by atoms with Crippen molar-refractivity contribution >= 4 is 5.91 Å². The number of hydrogen-bond acceptors (Lipinski definition) is 4. The van der Waals surface area contributed by atoms with Crippen LogP contribution in [0.4, 0.5) is 0 Å². The first-order chi connectivity index (χ1) is 9.58. The largest absolute Gasteiger partial charge is 0.484 e. The van der Waals surface area contributed by atoms with Crippen molar-refractivity contribution < 1.29 is 19.4 Å². The van der Waals surface area contributed by atoms with E-state index in [2.05, 4.69) is 0 Å². The fourth-order valence-corrected chi connectivity index (χ4v) is 2.29. The summed E-state index contributed by atoms with van der Waals surface area (Å²) < 4.78 is 11.0. The van der Waals surface area contributed by atoms with Crippen molar-refractivity contribution in [2.24, 2.45) is 0 Å². The molecule has 0 saturated carbocycles. The number of aliphatic hydroxyl groups excluding tert-OH is 1. The molecule has 1 N–H and O–H groups in total. The quantitative estimate of drug-likeness (QED) is 0.892. The Morgan fingerprint density at radius 1 is 1.50 bits per heavy atom. The summed E-state index contributed by atoms with van der Waals surface area (Å²) >= 11 is 0. The molecule has 0 aliphatic carbocycles. The van der Waals surface area contributed by atoms with Crippen LogP contribution in [0.15, 0.2) is 24.3 Å². The van der Waals surface area contributed by atoms with Crippen LogP contribution >= 0.6 is 0 Å². The molecule has 1 aliphatic rings. The molecule has 0 radical (unpaired) electrons. The van der Waals surface area contributed by atoms with E-state index in [1.807, 2.05) is 38.1 Å². The lowest BCUT2D eigenvalue weighted by molar-refractivity contribution is -0.149. The number of ether oxygens (including phenoxy) is 2. The van der Waals surface area contributed by atoms with Crippen LogP contribution in [-0.2, 0) is 9.53 Å². The topological polar surface area (TPSA) is 59.0 Å². The van der Waals surface area contributed by atoms with E-state index in [1.165, 1.54) is 0 Å². The molecule has 1 aliphatic heterocycles. The zero-order chi connectivity index (χ0) is 14.5. The highest BCUT2D eigenvalue weighted by Crippen LogP contribution is 2.14. The third-order valence-corrected chi connectivity index (χ3v) is 3.23. The normalized spacial score (nSPS) is 22.6. The lowest BCUT2D eigenvalue weighted by atomic mass is 10.2. The summed E-state index contributed by atoms with van der Waals surface area (Å²) in [5.41, 5.74) is 1.09. The van der Waals surface area contributed by atoms with Crippen LogP contribution < -0.4 is 4.74 Å². The fourth-order valence-electron chi connectivity index (χ4n) is 2.29. The molecule has 5 nitrogen and oxygen atoms in total. The van der Waals surface area contributed by atoms with Gasteiger partial charge in [0.1, 0.15) is 5.75 Å². The van der Waals surface area contributed by atoms with Gasteiger partial charge in [0.2, 0.25) is 0 Å². The molecule has 20 heavy (non-hydrogen) atoms. The molecule has 2 rings (SSSR count). The van der Waals surface area contributed by atoms with Gasteiger partial charge in [-0.15, -0.1) is 0 Å². The lowest BCUT2D eigenvalue weighted by Gasteiger charge is -2.36. The molecule has 1 saturated heterocycles. The van der Waals surface area contributed by atoms with Crippen LogP contribution in [0.5, 0.6) is 5.75 Å². The summed E-state index contributed by atoms with van der Waals surface area (Å²) in [4.78, 5) is 13.8. The molecule has 1 fully saturated rings. The summed E-state index contributed by atoms with van der Waals surface area (Å²) in [6, 6.07) is 7.60. The molecule has 5 heteroatoms. The second-order valence-corrected chi connectivity index (χ2v) is 5.16. The van der Waals surface area contributed by atoms with E-state index >= 15 is 0 Å². The molecular weight excluding hydrogens is 258 g/mol. The van der Waals surface area contributed by atoms with Gasteiger partial charge in [0.15, 0.2) is 6.61 Å². The number of nitrogens with zero attached hydrogens (tertiary/aromatic N) is 1. The number of aliphatic hydroxyl groups is 1. The van der Waals surface area contributed by atoms with Gasteiger partial charge in [0.05, 0.1) is 18.8 Å². The van der Waals surface area contributed by atoms with Crippen LogP contribution in [-0.4, -0.2) is 54.4 Å². The average molecular weight is 279 g/mol. The molecule has 110 valence electrons. The molecule has 1 aromatic rings. The Morgan fingerprint density at radius 2 is 2.30 bits per heavy atom. The van der Waals surface area contributed by atoms with Gasteiger partial charge < -0.3 is 19.5 Å². The van der Waals surface area contributed by atoms with E-state index in [1.54, 1.807) is 4.90 Å². The van der Waals surface area contributed by atoms with Crippen molar-refractivity contribution in [2.75, 3.05) is 26.3 Å². The maximum atomic E-state index is 12.1. The first-order valence-corrected chi connectivity index (χ1v) is 6.82.